The third-order valence-electron chi connectivity index (χ3n) is 5.34. The Labute approximate surface area is 156 Å². The molecular formula is C19H29N3O3S. The molecule has 0 aromatic heterocycles. The van der Waals surface area contributed by atoms with Crippen LogP contribution < -0.4 is 5.32 Å². The summed E-state index contributed by atoms with van der Waals surface area (Å²) in [5.41, 5.74) is 0.540. The van der Waals surface area contributed by atoms with Gasteiger partial charge in [0.15, 0.2) is 0 Å². The number of nitrogens with zero attached hydrogens (tertiary/aromatic N) is 2. The van der Waals surface area contributed by atoms with E-state index in [1.165, 1.54) is 0 Å². The number of amides is 1. The molecule has 0 radical (unpaired) electrons. The number of carbonyl (C=O) groups is 1. The van der Waals surface area contributed by atoms with Crippen molar-refractivity contribution in [3.05, 3.63) is 29.8 Å². The molecule has 1 N–H and O–H groups in total. The summed E-state index contributed by atoms with van der Waals surface area (Å²) < 4.78 is 27.5. The number of carbonyl (C=O) groups excluding carboxylic acids is 1. The molecule has 7 heteroatoms. The molecule has 0 aliphatic carbocycles. The summed E-state index contributed by atoms with van der Waals surface area (Å²) in [5, 5.41) is 3.26. The lowest BCUT2D eigenvalue weighted by Crippen LogP contribution is -2.52. The SMILES string of the molecule is CC1CC(C)CN(S(=O)(=O)c2ccc(C(=O)N3CCNC[C@H]3C)cc2)C1. The first kappa shape index (κ1) is 19.3. The average Bonchev–Trinajstić information content (AvgIpc) is 2.61. The van der Waals surface area contributed by atoms with Gasteiger partial charge in [-0.05, 0) is 49.4 Å². The molecular weight excluding hydrogens is 350 g/mol. The lowest BCUT2D eigenvalue weighted by molar-refractivity contribution is 0.0655. The van der Waals surface area contributed by atoms with E-state index in [0.29, 0.717) is 37.0 Å². The second-order valence-electron chi connectivity index (χ2n) is 7.84. The van der Waals surface area contributed by atoms with Crippen molar-refractivity contribution in [2.75, 3.05) is 32.7 Å². The van der Waals surface area contributed by atoms with Gasteiger partial charge in [0.1, 0.15) is 0 Å². The van der Waals surface area contributed by atoms with Crippen molar-refractivity contribution < 1.29 is 13.2 Å². The standard InChI is InChI=1S/C19H29N3O3S/c1-14-10-15(2)13-21(12-14)26(24,25)18-6-4-17(5-7-18)19(23)22-9-8-20-11-16(22)3/h4-7,14-16,20H,8-13H2,1-3H3/t14?,15?,16-/m1/s1. The van der Waals surface area contributed by atoms with E-state index in [1.54, 1.807) is 28.6 Å². The van der Waals surface area contributed by atoms with Gasteiger partial charge in [-0.3, -0.25) is 4.79 Å². The van der Waals surface area contributed by atoms with Crippen LogP contribution >= 0.6 is 0 Å². The molecule has 2 heterocycles. The summed E-state index contributed by atoms with van der Waals surface area (Å²) in [6, 6.07) is 6.55. The van der Waals surface area contributed by atoms with Crippen LogP contribution in [0.2, 0.25) is 0 Å². The number of piperidine rings is 1. The van der Waals surface area contributed by atoms with Crippen LogP contribution in [0.25, 0.3) is 0 Å². The van der Waals surface area contributed by atoms with E-state index >= 15 is 0 Å². The highest BCUT2D eigenvalue weighted by atomic mass is 32.2. The molecule has 2 fully saturated rings. The Morgan fingerprint density at radius 2 is 1.69 bits per heavy atom. The van der Waals surface area contributed by atoms with Crippen molar-refractivity contribution in [3.63, 3.8) is 0 Å². The first-order valence-electron chi connectivity index (χ1n) is 9.41. The maximum Gasteiger partial charge on any atom is 0.254 e. The number of sulfonamides is 1. The maximum atomic E-state index is 12.9. The third kappa shape index (κ3) is 3.94. The molecule has 2 aliphatic heterocycles. The number of hydrogen-bond donors (Lipinski definition) is 1. The van der Waals surface area contributed by atoms with Crippen LogP contribution in [0.4, 0.5) is 0 Å². The predicted molar refractivity (Wildman–Crippen MR) is 102 cm³/mol. The first-order chi connectivity index (χ1) is 12.3. The first-order valence-corrected chi connectivity index (χ1v) is 10.8. The molecule has 6 nitrogen and oxygen atoms in total. The largest absolute Gasteiger partial charge is 0.333 e. The Morgan fingerprint density at radius 3 is 2.27 bits per heavy atom. The highest BCUT2D eigenvalue weighted by Gasteiger charge is 2.32. The predicted octanol–water partition coefficient (Wildman–Crippen LogP) is 1.79. The van der Waals surface area contributed by atoms with Crippen LogP contribution in [0, 0.1) is 11.8 Å². The smallest absolute Gasteiger partial charge is 0.254 e. The third-order valence-corrected chi connectivity index (χ3v) is 7.18. The van der Waals surface area contributed by atoms with Crippen LogP contribution in [0.1, 0.15) is 37.6 Å². The Kier molecular flexibility index (Phi) is 5.69. The van der Waals surface area contributed by atoms with Gasteiger partial charge in [-0.25, -0.2) is 8.42 Å². The van der Waals surface area contributed by atoms with Gasteiger partial charge >= 0.3 is 0 Å². The molecule has 1 amide bonds. The van der Waals surface area contributed by atoms with Gasteiger partial charge in [-0.2, -0.15) is 4.31 Å². The summed E-state index contributed by atoms with van der Waals surface area (Å²) >= 11 is 0. The Hall–Kier alpha value is -1.44. The summed E-state index contributed by atoms with van der Waals surface area (Å²) in [4.78, 5) is 14.8. The van der Waals surface area contributed by atoms with Crippen molar-refractivity contribution in [2.24, 2.45) is 11.8 Å². The van der Waals surface area contributed by atoms with E-state index in [1.807, 2.05) is 11.8 Å². The quantitative estimate of drug-likeness (QED) is 0.869. The van der Waals surface area contributed by atoms with E-state index in [9.17, 15) is 13.2 Å². The van der Waals surface area contributed by atoms with Crippen molar-refractivity contribution in [1.29, 1.82) is 0 Å². The normalized spacial score (nSPS) is 28.1. The summed E-state index contributed by atoms with van der Waals surface area (Å²) in [6.45, 7) is 9.56. The number of rotatable bonds is 3. The van der Waals surface area contributed by atoms with Crippen molar-refractivity contribution in [3.8, 4) is 0 Å². The van der Waals surface area contributed by atoms with Crippen molar-refractivity contribution in [2.45, 2.75) is 38.1 Å². The maximum absolute atomic E-state index is 12.9. The zero-order chi connectivity index (χ0) is 18.9. The molecule has 0 spiro atoms. The van der Waals surface area contributed by atoms with Crippen molar-refractivity contribution in [1.82, 2.24) is 14.5 Å². The highest BCUT2D eigenvalue weighted by Crippen LogP contribution is 2.27. The Bertz CT molecular complexity index is 738. The lowest BCUT2D eigenvalue weighted by atomic mass is 9.94. The molecule has 26 heavy (non-hydrogen) atoms. The van der Waals surface area contributed by atoms with Crippen LogP contribution in [0.5, 0.6) is 0 Å². The molecule has 3 atom stereocenters. The van der Waals surface area contributed by atoms with Gasteiger partial charge in [-0.1, -0.05) is 13.8 Å². The second kappa shape index (κ2) is 7.66. The molecule has 2 aliphatic rings. The van der Waals surface area contributed by atoms with E-state index in [4.69, 9.17) is 0 Å². The second-order valence-corrected chi connectivity index (χ2v) is 9.78. The number of hydrogen-bond acceptors (Lipinski definition) is 4. The van der Waals surface area contributed by atoms with Gasteiger partial charge in [0.2, 0.25) is 10.0 Å². The van der Waals surface area contributed by atoms with Gasteiger partial charge < -0.3 is 10.2 Å². The number of piperazine rings is 1. The number of nitrogens with one attached hydrogen (secondary N) is 1. The monoisotopic (exact) mass is 379 g/mol. The molecule has 0 saturated carbocycles. The lowest BCUT2D eigenvalue weighted by Gasteiger charge is -2.34. The zero-order valence-corrected chi connectivity index (χ0v) is 16.6. The molecule has 1 aromatic rings. The minimum atomic E-state index is -3.51. The van der Waals surface area contributed by atoms with Gasteiger partial charge in [-0.15, -0.1) is 0 Å². The van der Waals surface area contributed by atoms with E-state index in [-0.39, 0.29) is 16.8 Å². The summed E-state index contributed by atoms with van der Waals surface area (Å²) in [5.74, 6) is 0.690. The molecule has 144 valence electrons. The van der Waals surface area contributed by atoms with E-state index < -0.39 is 10.0 Å². The highest BCUT2D eigenvalue weighted by molar-refractivity contribution is 7.89. The summed E-state index contributed by atoms with van der Waals surface area (Å²) in [7, 11) is -3.51. The van der Waals surface area contributed by atoms with Gasteiger partial charge in [0.05, 0.1) is 4.90 Å². The summed E-state index contributed by atoms with van der Waals surface area (Å²) in [6.07, 6.45) is 1.06. The molecule has 1 aromatic carbocycles. The fraction of sp³-hybridized carbons (Fsp3) is 0.632. The van der Waals surface area contributed by atoms with Gasteiger partial charge in [0, 0.05) is 44.3 Å². The Balaban J connectivity index is 1.77. The fourth-order valence-corrected chi connectivity index (χ4v) is 5.71. The Morgan fingerprint density at radius 1 is 1.08 bits per heavy atom. The minimum absolute atomic E-state index is 0.0387. The van der Waals surface area contributed by atoms with Crippen LogP contribution in [0.3, 0.4) is 0 Å². The van der Waals surface area contributed by atoms with E-state index in [0.717, 1.165) is 19.5 Å². The van der Waals surface area contributed by atoms with Crippen LogP contribution in [-0.4, -0.2) is 62.3 Å². The van der Waals surface area contributed by atoms with Crippen LogP contribution in [0.15, 0.2) is 29.2 Å². The van der Waals surface area contributed by atoms with Crippen LogP contribution in [-0.2, 0) is 10.0 Å². The molecule has 0 bridgehead atoms. The molecule has 2 unspecified atom stereocenters. The topological polar surface area (TPSA) is 69.7 Å². The van der Waals surface area contributed by atoms with Gasteiger partial charge in [0.25, 0.3) is 5.91 Å². The zero-order valence-electron chi connectivity index (χ0n) is 15.8. The molecule has 3 rings (SSSR count). The average molecular weight is 380 g/mol. The fourth-order valence-electron chi connectivity index (χ4n) is 4.03. The van der Waals surface area contributed by atoms with Crippen molar-refractivity contribution >= 4 is 15.9 Å². The van der Waals surface area contributed by atoms with E-state index in [2.05, 4.69) is 19.2 Å². The molecule has 2 saturated heterocycles. The number of benzene rings is 1. The minimum Gasteiger partial charge on any atom is -0.333 e.